The van der Waals surface area contributed by atoms with E-state index in [4.69, 9.17) is 9.47 Å². The number of fused-ring (bicyclic) bond motifs is 1. The lowest BCUT2D eigenvalue weighted by atomic mass is 10.1. The zero-order valence-corrected chi connectivity index (χ0v) is 14.2. The van der Waals surface area contributed by atoms with Gasteiger partial charge in [-0.05, 0) is 12.1 Å². The first-order chi connectivity index (χ1) is 10.7. The van der Waals surface area contributed by atoms with Crippen LogP contribution in [0.3, 0.4) is 0 Å². The van der Waals surface area contributed by atoms with Gasteiger partial charge in [0.05, 0.1) is 24.1 Å². The quantitative estimate of drug-likeness (QED) is 0.819. The van der Waals surface area contributed by atoms with Crippen molar-refractivity contribution in [2.24, 2.45) is 0 Å². The number of ether oxygens (including phenoxy) is 2. The molecule has 5 heteroatoms. The molecule has 0 spiro atoms. The molecule has 4 nitrogen and oxygen atoms in total. The van der Waals surface area contributed by atoms with Crippen LogP contribution in [0.5, 0.6) is 5.88 Å². The Labute approximate surface area is 138 Å². The van der Waals surface area contributed by atoms with Crippen LogP contribution in [0.4, 0.5) is 0 Å². The summed E-state index contributed by atoms with van der Waals surface area (Å²) in [5.74, 6) is 1.46. The largest absolute Gasteiger partial charge is 0.474 e. The second-order valence-corrected chi connectivity index (χ2v) is 6.24. The predicted molar refractivity (Wildman–Crippen MR) is 91.2 cm³/mol. The molecular formula is C17H19BrN2O2. The van der Waals surface area contributed by atoms with Gasteiger partial charge in [0.15, 0.2) is 0 Å². The van der Waals surface area contributed by atoms with Crippen LogP contribution in [0.1, 0.15) is 31.2 Å². The van der Waals surface area contributed by atoms with Gasteiger partial charge >= 0.3 is 0 Å². The fraction of sp³-hybridized carbons (Fsp3) is 0.412. The maximum Gasteiger partial charge on any atom is 0.225 e. The van der Waals surface area contributed by atoms with Crippen LogP contribution in [0, 0.1) is 0 Å². The molecule has 3 rings (SSSR count). The van der Waals surface area contributed by atoms with Crippen molar-refractivity contribution >= 4 is 32.9 Å². The van der Waals surface area contributed by atoms with E-state index in [-0.39, 0.29) is 6.10 Å². The van der Waals surface area contributed by atoms with E-state index in [0.29, 0.717) is 5.88 Å². The molecule has 0 saturated carbocycles. The Kier molecular flexibility index (Phi) is 4.74. The average molecular weight is 363 g/mol. The molecule has 1 aromatic carbocycles. The minimum atomic E-state index is 0.155. The van der Waals surface area contributed by atoms with Crippen molar-refractivity contribution in [3.8, 4) is 5.88 Å². The van der Waals surface area contributed by atoms with Crippen LogP contribution in [0.25, 0.3) is 17.0 Å². The Balaban J connectivity index is 2.09. The lowest BCUT2D eigenvalue weighted by molar-refractivity contribution is 0.0243. The van der Waals surface area contributed by atoms with Crippen LogP contribution in [-0.2, 0) is 11.2 Å². The van der Waals surface area contributed by atoms with Gasteiger partial charge in [0.1, 0.15) is 11.9 Å². The first-order valence-corrected chi connectivity index (χ1v) is 8.37. The van der Waals surface area contributed by atoms with Gasteiger partial charge in [-0.25, -0.2) is 4.98 Å². The van der Waals surface area contributed by atoms with E-state index >= 15 is 0 Å². The Bertz CT molecular complexity index is 697. The van der Waals surface area contributed by atoms with Crippen molar-refractivity contribution in [1.29, 1.82) is 0 Å². The van der Waals surface area contributed by atoms with Crippen LogP contribution in [0.15, 0.2) is 23.2 Å². The number of benzene rings is 1. The van der Waals surface area contributed by atoms with Crippen molar-refractivity contribution in [3.63, 3.8) is 0 Å². The van der Waals surface area contributed by atoms with Gasteiger partial charge in [0.25, 0.3) is 0 Å². The van der Waals surface area contributed by atoms with Gasteiger partial charge in [-0.1, -0.05) is 35.5 Å². The summed E-state index contributed by atoms with van der Waals surface area (Å²) in [4.78, 5) is 9.25. The second kappa shape index (κ2) is 6.75. The van der Waals surface area contributed by atoms with Gasteiger partial charge in [-0.3, -0.25) is 0 Å². The Morgan fingerprint density at radius 1 is 1.36 bits per heavy atom. The SMILES string of the molecule is C=Cc1cc(Br)cc2c(OC3CCOCC3)nc(CC)nc12. The number of hydrogen-bond donors (Lipinski definition) is 0. The van der Waals surface area contributed by atoms with Crippen LogP contribution >= 0.6 is 15.9 Å². The summed E-state index contributed by atoms with van der Waals surface area (Å²) in [6.45, 7) is 7.42. The molecule has 2 aromatic rings. The standard InChI is InChI=1S/C17H19BrN2O2/c1-3-11-9-12(18)10-14-16(11)19-15(4-2)20-17(14)22-13-5-7-21-8-6-13/h3,9-10,13H,1,4-8H2,2H3. The maximum atomic E-state index is 6.18. The molecule has 0 N–H and O–H groups in total. The summed E-state index contributed by atoms with van der Waals surface area (Å²) < 4.78 is 12.5. The van der Waals surface area contributed by atoms with Gasteiger partial charge < -0.3 is 9.47 Å². The van der Waals surface area contributed by atoms with E-state index in [2.05, 4.69) is 32.5 Å². The Hall–Kier alpha value is -1.46. The molecule has 0 atom stereocenters. The summed E-state index contributed by atoms with van der Waals surface area (Å²) in [6, 6.07) is 4.02. The van der Waals surface area contributed by atoms with Crippen molar-refractivity contribution in [1.82, 2.24) is 9.97 Å². The van der Waals surface area contributed by atoms with Gasteiger partial charge in [0, 0.05) is 29.3 Å². The molecule has 116 valence electrons. The van der Waals surface area contributed by atoms with Gasteiger partial charge in [0.2, 0.25) is 5.88 Å². The molecule has 2 heterocycles. The van der Waals surface area contributed by atoms with Crippen molar-refractivity contribution in [3.05, 3.63) is 34.6 Å². The number of halogens is 1. The van der Waals surface area contributed by atoms with Crippen molar-refractivity contribution < 1.29 is 9.47 Å². The van der Waals surface area contributed by atoms with Crippen molar-refractivity contribution in [2.45, 2.75) is 32.3 Å². The van der Waals surface area contributed by atoms with E-state index in [9.17, 15) is 0 Å². The number of hydrogen-bond acceptors (Lipinski definition) is 4. The fourth-order valence-electron chi connectivity index (χ4n) is 2.59. The Morgan fingerprint density at radius 3 is 2.82 bits per heavy atom. The highest BCUT2D eigenvalue weighted by molar-refractivity contribution is 9.10. The van der Waals surface area contributed by atoms with E-state index in [1.807, 2.05) is 25.1 Å². The molecule has 22 heavy (non-hydrogen) atoms. The normalized spacial score (nSPS) is 15.9. The lowest BCUT2D eigenvalue weighted by Gasteiger charge is -2.23. The predicted octanol–water partition coefficient (Wildman–Crippen LogP) is 4.16. The zero-order chi connectivity index (χ0) is 15.5. The molecule has 0 unspecified atom stereocenters. The number of aryl methyl sites for hydroxylation is 1. The number of nitrogens with zero attached hydrogens (tertiary/aromatic N) is 2. The second-order valence-electron chi connectivity index (χ2n) is 5.32. The molecular weight excluding hydrogens is 344 g/mol. The topological polar surface area (TPSA) is 44.2 Å². The highest BCUT2D eigenvalue weighted by Crippen LogP contribution is 2.31. The van der Waals surface area contributed by atoms with Crippen molar-refractivity contribution in [2.75, 3.05) is 13.2 Å². The third kappa shape index (κ3) is 3.15. The smallest absolute Gasteiger partial charge is 0.225 e. The summed E-state index contributed by atoms with van der Waals surface area (Å²) in [5.41, 5.74) is 1.88. The van der Waals surface area contributed by atoms with E-state index in [1.165, 1.54) is 0 Å². The summed E-state index contributed by atoms with van der Waals surface area (Å²) in [5, 5.41) is 0.924. The average Bonchev–Trinajstić information content (AvgIpc) is 2.55. The fourth-order valence-corrected chi connectivity index (χ4v) is 3.07. The third-order valence-corrected chi connectivity index (χ3v) is 4.25. The molecule has 0 aliphatic carbocycles. The highest BCUT2D eigenvalue weighted by Gasteiger charge is 2.19. The minimum Gasteiger partial charge on any atom is -0.474 e. The monoisotopic (exact) mass is 362 g/mol. The zero-order valence-electron chi connectivity index (χ0n) is 12.6. The lowest BCUT2D eigenvalue weighted by Crippen LogP contribution is -2.26. The highest BCUT2D eigenvalue weighted by atomic mass is 79.9. The van der Waals surface area contributed by atoms with E-state index < -0.39 is 0 Å². The van der Waals surface area contributed by atoms with Crippen LogP contribution in [0.2, 0.25) is 0 Å². The molecule has 1 fully saturated rings. The number of aromatic nitrogens is 2. The van der Waals surface area contributed by atoms with Crippen LogP contribution in [-0.4, -0.2) is 29.3 Å². The molecule has 0 bridgehead atoms. The first-order valence-electron chi connectivity index (χ1n) is 7.58. The summed E-state index contributed by atoms with van der Waals surface area (Å²) >= 11 is 3.54. The van der Waals surface area contributed by atoms with E-state index in [0.717, 1.165) is 59.2 Å². The maximum absolute atomic E-state index is 6.18. The molecule has 1 saturated heterocycles. The van der Waals surface area contributed by atoms with E-state index in [1.54, 1.807) is 0 Å². The molecule has 0 radical (unpaired) electrons. The number of rotatable bonds is 4. The summed E-state index contributed by atoms with van der Waals surface area (Å²) in [6.07, 6.45) is 4.54. The minimum absolute atomic E-state index is 0.155. The van der Waals surface area contributed by atoms with Gasteiger partial charge in [-0.2, -0.15) is 4.98 Å². The van der Waals surface area contributed by atoms with Crippen LogP contribution < -0.4 is 4.74 Å². The Morgan fingerprint density at radius 2 is 2.14 bits per heavy atom. The first kappa shape index (κ1) is 15.4. The molecule has 0 amide bonds. The molecule has 1 aliphatic heterocycles. The third-order valence-electron chi connectivity index (χ3n) is 3.79. The molecule has 1 aromatic heterocycles. The van der Waals surface area contributed by atoms with Gasteiger partial charge in [-0.15, -0.1) is 0 Å². The summed E-state index contributed by atoms with van der Waals surface area (Å²) in [7, 11) is 0. The molecule has 1 aliphatic rings.